The van der Waals surface area contributed by atoms with Crippen molar-refractivity contribution >= 4 is 17.0 Å². The number of alkyl halides is 1. The fraction of sp³-hybridized carbons (Fsp3) is 0.143. The van der Waals surface area contributed by atoms with Crippen molar-refractivity contribution in [3.05, 3.63) is 22.1 Å². The zero-order valence-corrected chi connectivity index (χ0v) is 6.60. The van der Waals surface area contributed by atoms with Gasteiger partial charge in [-0.2, -0.15) is 4.98 Å². The van der Waals surface area contributed by atoms with E-state index >= 15 is 0 Å². The molecule has 0 bridgehead atoms. The highest BCUT2D eigenvalue weighted by molar-refractivity contribution is 5.79. The maximum absolute atomic E-state index is 12.3. The lowest BCUT2D eigenvalue weighted by molar-refractivity contribution is 0.487. The largest absolute Gasteiger partial charge is 0.369 e. The highest BCUT2D eigenvalue weighted by Gasteiger charge is 2.08. The summed E-state index contributed by atoms with van der Waals surface area (Å²) in [6.45, 7) is -0.700. The molecule has 2 heterocycles. The van der Waals surface area contributed by atoms with Gasteiger partial charge < -0.3 is 10.7 Å². The second-order valence-corrected chi connectivity index (χ2v) is 2.62. The van der Waals surface area contributed by atoms with E-state index in [1.807, 2.05) is 0 Å². The number of rotatable bonds is 1. The Morgan fingerprint density at radius 1 is 1.62 bits per heavy atom. The van der Waals surface area contributed by atoms with E-state index in [9.17, 15) is 9.18 Å². The topological polar surface area (TPSA) is 87.6 Å². The van der Waals surface area contributed by atoms with Gasteiger partial charge in [0.05, 0.1) is 5.39 Å². The maximum Gasteiger partial charge on any atom is 0.262 e. The van der Waals surface area contributed by atoms with Crippen molar-refractivity contribution in [1.82, 2.24) is 15.0 Å². The number of nitrogens with one attached hydrogen (secondary N) is 2. The Kier molecular flexibility index (Phi) is 1.54. The van der Waals surface area contributed by atoms with Gasteiger partial charge in [-0.1, -0.05) is 0 Å². The fourth-order valence-corrected chi connectivity index (χ4v) is 1.23. The van der Waals surface area contributed by atoms with Crippen LogP contribution in [0.15, 0.2) is 11.0 Å². The van der Waals surface area contributed by atoms with E-state index < -0.39 is 12.2 Å². The summed E-state index contributed by atoms with van der Waals surface area (Å²) in [7, 11) is 0. The highest BCUT2D eigenvalue weighted by Crippen LogP contribution is 2.12. The number of aromatic nitrogens is 3. The van der Waals surface area contributed by atoms with Crippen molar-refractivity contribution in [2.45, 2.75) is 6.67 Å². The zero-order chi connectivity index (χ0) is 9.42. The molecule has 0 aliphatic heterocycles. The van der Waals surface area contributed by atoms with Crippen LogP contribution in [0.25, 0.3) is 11.0 Å². The Hall–Kier alpha value is -1.85. The molecule has 0 unspecified atom stereocenters. The number of hydrogen-bond donors (Lipinski definition) is 3. The van der Waals surface area contributed by atoms with E-state index in [4.69, 9.17) is 5.73 Å². The predicted octanol–water partition coefficient (Wildman–Crippen LogP) is 0.303. The molecule has 0 aliphatic rings. The van der Waals surface area contributed by atoms with Crippen molar-refractivity contribution in [2.75, 3.05) is 5.73 Å². The molecule has 5 nitrogen and oxygen atoms in total. The number of hydrogen-bond acceptors (Lipinski definition) is 3. The summed E-state index contributed by atoms with van der Waals surface area (Å²) in [6.07, 6.45) is 1.41. The van der Waals surface area contributed by atoms with Crippen LogP contribution in [0, 0.1) is 0 Å². The van der Waals surface area contributed by atoms with E-state index in [1.165, 1.54) is 6.20 Å². The fourth-order valence-electron chi connectivity index (χ4n) is 1.23. The van der Waals surface area contributed by atoms with Gasteiger partial charge in [-0.3, -0.25) is 9.78 Å². The minimum atomic E-state index is -0.700. The first-order valence-corrected chi connectivity index (χ1v) is 3.64. The monoisotopic (exact) mass is 182 g/mol. The van der Waals surface area contributed by atoms with Crippen LogP contribution < -0.4 is 11.3 Å². The van der Waals surface area contributed by atoms with Crippen LogP contribution in [-0.2, 0) is 6.67 Å². The normalized spacial score (nSPS) is 10.8. The van der Waals surface area contributed by atoms with Crippen molar-refractivity contribution in [1.29, 1.82) is 0 Å². The van der Waals surface area contributed by atoms with Gasteiger partial charge in [0.2, 0.25) is 5.95 Å². The van der Waals surface area contributed by atoms with Crippen molar-refractivity contribution in [3.63, 3.8) is 0 Å². The summed E-state index contributed by atoms with van der Waals surface area (Å²) in [5.41, 5.74) is 5.48. The average molecular weight is 182 g/mol. The van der Waals surface area contributed by atoms with Crippen LogP contribution in [0.4, 0.5) is 10.3 Å². The van der Waals surface area contributed by atoms with E-state index in [1.54, 1.807) is 0 Å². The lowest BCUT2D eigenvalue weighted by atomic mass is 10.3. The van der Waals surface area contributed by atoms with E-state index in [-0.39, 0.29) is 11.3 Å². The molecule has 0 saturated carbocycles. The number of nitrogen functional groups attached to an aromatic ring is 1. The summed E-state index contributed by atoms with van der Waals surface area (Å²) in [4.78, 5) is 20.1. The number of nitrogens with two attached hydrogens (primary N) is 1. The Morgan fingerprint density at radius 2 is 2.38 bits per heavy atom. The van der Waals surface area contributed by atoms with Crippen LogP contribution in [-0.4, -0.2) is 15.0 Å². The quantitative estimate of drug-likeness (QED) is 0.592. The Bertz CT molecular complexity index is 501. The third-order valence-corrected chi connectivity index (χ3v) is 1.79. The maximum atomic E-state index is 12.3. The molecule has 0 spiro atoms. The SMILES string of the molecule is Nc1nc2[nH]cc(CF)c2c(=O)[nH]1. The summed E-state index contributed by atoms with van der Waals surface area (Å²) in [5, 5.41) is 0.233. The molecule has 0 fully saturated rings. The number of nitrogens with zero attached hydrogens (tertiary/aromatic N) is 1. The summed E-state index contributed by atoms with van der Waals surface area (Å²) in [6, 6.07) is 0. The van der Waals surface area contributed by atoms with E-state index in [0.717, 1.165) is 0 Å². The van der Waals surface area contributed by atoms with Crippen LogP contribution in [0.1, 0.15) is 5.56 Å². The minimum Gasteiger partial charge on any atom is -0.369 e. The van der Waals surface area contributed by atoms with Gasteiger partial charge >= 0.3 is 0 Å². The Morgan fingerprint density at radius 3 is 3.08 bits per heavy atom. The van der Waals surface area contributed by atoms with Crippen LogP contribution in [0.5, 0.6) is 0 Å². The third kappa shape index (κ3) is 1.07. The molecule has 0 amide bonds. The minimum absolute atomic E-state index is 0.0183. The molecule has 0 aromatic carbocycles. The van der Waals surface area contributed by atoms with Crippen molar-refractivity contribution in [3.8, 4) is 0 Å². The van der Waals surface area contributed by atoms with Gasteiger partial charge in [0.15, 0.2) is 0 Å². The molecular weight excluding hydrogens is 175 g/mol. The number of H-pyrrole nitrogens is 2. The lowest BCUT2D eigenvalue weighted by Crippen LogP contribution is -2.11. The van der Waals surface area contributed by atoms with Crippen LogP contribution >= 0.6 is 0 Å². The molecule has 2 rings (SSSR count). The van der Waals surface area contributed by atoms with Gasteiger partial charge in [-0.15, -0.1) is 0 Å². The zero-order valence-electron chi connectivity index (χ0n) is 6.60. The van der Waals surface area contributed by atoms with Crippen LogP contribution in [0.2, 0.25) is 0 Å². The molecule has 2 aromatic rings. The number of halogens is 1. The molecular formula is C7H7FN4O. The van der Waals surface area contributed by atoms with Crippen molar-refractivity contribution in [2.24, 2.45) is 0 Å². The molecule has 0 radical (unpaired) electrons. The molecule has 2 aromatic heterocycles. The first kappa shape index (κ1) is 7.78. The molecule has 0 atom stereocenters. The second kappa shape index (κ2) is 2.58. The average Bonchev–Trinajstić information content (AvgIpc) is 2.47. The second-order valence-electron chi connectivity index (χ2n) is 2.62. The summed E-state index contributed by atoms with van der Waals surface area (Å²) in [5.74, 6) is 0.0183. The number of fused-ring (bicyclic) bond motifs is 1. The highest BCUT2D eigenvalue weighted by atomic mass is 19.1. The summed E-state index contributed by atoms with van der Waals surface area (Å²) < 4.78 is 12.3. The first-order valence-electron chi connectivity index (χ1n) is 3.64. The molecule has 6 heteroatoms. The first-order chi connectivity index (χ1) is 6.22. The molecule has 68 valence electrons. The van der Waals surface area contributed by atoms with Gasteiger partial charge in [0, 0.05) is 11.8 Å². The molecule has 0 aliphatic carbocycles. The Labute approximate surface area is 71.8 Å². The molecule has 13 heavy (non-hydrogen) atoms. The number of aromatic amines is 2. The van der Waals surface area contributed by atoms with Crippen LogP contribution in [0.3, 0.4) is 0 Å². The summed E-state index contributed by atoms with van der Waals surface area (Å²) >= 11 is 0. The third-order valence-electron chi connectivity index (χ3n) is 1.79. The molecule has 0 saturated heterocycles. The van der Waals surface area contributed by atoms with E-state index in [2.05, 4.69) is 15.0 Å². The van der Waals surface area contributed by atoms with E-state index in [0.29, 0.717) is 11.2 Å². The lowest BCUT2D eigenvalue weighted by Gasteiger charge is -1.92. The van der Waals surface area contributed by atoms with Gasteiger partial charge in [-0.25, -0.2) is 4.39 Å². The van der Waals surface area contributed by atoms with Gasteiger partial charge in [0.1, 0.15) is 12.3 Å². The predicted molar refractivity (Wildman–Crippen MR) is 45.9 cm³/mol. The van der Waals surface area contributed by atoms with Crippen molar-refractivity contribution < 1.29 is 4.39 Å². The smallest absolute Gasteiger partial charge is 0.262 e. The van der Waals surface area contributed by atoms with Gasteiger partial charge in [-0.05, 0) is 0 Å². The van der Waals surface area contributed by atoms with Gasteiger partial charge in [0.25, 0.3) is 5.56 Å². The molecule has 4 N–H and O–H groups in total. The number of anilines is 1. The Balaban J connectivity index is 2.90. The standard InChI is InChI=1S/C7H7FN4O/c8-1-3-2-10-5-4(3)6(13)12-7(9)11-5/h2H,1H2,(H4,9,10,11,12,13).